The fourth-order valence-corrected chi connectivity index (χ4v) is 2.09. The molecule has 1 aromatic heterocycles. The summed E-state index contributed by atoms with van der Waals surface area (Å²) < 4.78 is 1.73. The van der Waals surface area contributed by atoms with Crippen LogP contribution < -0.4 is 11.1 Å². The summed E-state index contributed by atoms with van der Waals surface area (Å²) in [6.07, 6.45) is 2.39. The molecule has 1 amide bonds. The number of carbonyl (C=O) groups is 1. The molecule has 0 radical (unpaired) electrons. The predicted molar refractivity (Wildman–Crippen MR) is 65.7 cm³/mol. The zero-order valence-electron chi connectivity index (χ0n) is 10.7. The maximum atomic E-state index is 12.0. The Balaban J connectivity index is 1.99. The van der Waals surface area contributed by atoms with Gasteiger partial charge in [0.05, 0.1) is 11.3 Å². The van der Waals surface area contributed by atoms with E-state index in [0.717, 1.165) is 11.4 Å². The number of aryl methyl sites for hydroxylation is 2. The topological polar surface area (TPSA) is 72.9 Å². The van der Waals surface area contributed by atoms with E-state index in [4.69, 9.17) is 5.73 Å². The zero-order chi connectivity index (χ0) is 12.6. The van der Waals surface area contributed by atoms with Crippen LogP contribution in [0.2, 0.25) is 0 Å². The first-order valence-corrected chi connectivity index (χ1v) is 6.04. The molecule has 3 N–H and O–H groups in total. The molecule has 17 heavy (non-hydrogen) atoms. The molecule has 0 bridgehead atoms. The molecule has 1 heterocycles. The first kappa shape index (κ1) is 12.1. The molecule has 1 atom stereocenters. The maximum Gasteiger partial charge on any atom is 0.255 e. The Labute approximate surface area is 101 Å². The Morgan fingerprint density at radius 2 is 2.24 bits per heavy atom. The molecule has 1 aliphatic carbocycles. The zero-order valence-corrected chi connectivity index (χ0v) is 10.7. The summed E-state index contributed by atoms with van der Waals surface area (Å²) in [5, 5.41) is 7.13. The highest BCUT2D eigenvalue weighted by atomic mass is 16.1. The third kappa shape index (κ3) is 2.49. The lowest BCUT2D eigenvalue weighted by atomic mass is 10.1. The van der Waals surface area contributed by atoms with Crippen molar-refractivity contribution in [2.24, 2.45) is 18.7 Å². The average molecular weight is 236 g/mol. The Morgan fingerprint density at radius 1 is 1.59 bits per heavy atom. The van der Waals surface area contributed by atoms with Crippen molar-refractivity contribution in [3.05, 3.63) is 17.0 Å². The number of hydrogen-bond donors (Lipinski definition) is 2. The standard InChI is InChI=1S/C12H20N4O/c1-7-11(8(2)16(3)15-7)12(17)14-6-10(13)9-4-5-9/h9-10H,4-6,13H2,1-3H3,(H,14,17). The van der Waals surface area contributed by atoms with Gasteiger partial charge in [0.2, 0.25) is 0 Å². The molecule has 2 rings (SSSR count). The number of carbonyl (C=O) groups excluding carboxylic acids is 1. The summed E-state index contributed by atoms with van der Waals surface area (Å²) in [5.74, 6) is 0.538. The van der Waals surface area contributed by atoms with Crippen molar-refractivity contribution in [2.75, 3.05) is 6.54 Å². The minimum absolute atomic E-state index is 0.0656. The Morgan fingerprint density at radius 3 is 2.71 bits per heavy atom. The van der Waals surface area contributed by atoms with E-state index in [9.17, 15) is 4.79 Å². The van der Waals surface area contributed by atoms with Crippen LogP contribution in [0.4, 0.5) is 0 Å². The van der Waals surface area contributed by atoms with Gasteiger partial charge in [0.25, 0.3) is 5.91 Å². The fourth-order valence-electron chi connectivity index (χ4n) is 2.09. The molecule has 1 aromatic rings. The largest absolute Gasteiger partial charge is 0.350 e. The Bertz CT molecular complexity index is 434. The van der Waals surface area contributed by atoms with Crippen molar-refractivity contribution in [3.8, 4) is 0 Å². The molecule has 5 heteroatoms. The predicted octanol–water partition coefficient (Wildman–Crippen LogP) is 0.504. The number of nitrogens with two attached hydrogens (primary N) is 1. The van der Waals surface area contributed by atoms with Crippen molar-refractivity contribution in [3.63, 3.8) is 0 Å². The quantitative estimate of drug-likeness (QED) is 0.799. The normalized spacial score (nSPS) is 16.9. The van der Waals surface area contributed by atoms with Crippen LogP contribution in [-0.2, 0) is 7.05 Å². The number of aromatic nitrogens is 2. The van der Waals surface area contributed by atoms with Crippen molar-refractivity contribution < 1.29 is 4.79 Å². The number of hydrogen-bond acceptors (Lipinski definition) is 3. The molecule has 0 spiro atoms. The molecule has 0 saturated heterocycles. The lowest BCUT2D eigenvalue weighted by molar-refractivity contribution is 0.0949. The van der Waals surface area contributed by atoms with Crippen molar-refractivity contribution in [1.82, 2.24) is 15.1 Å². The van der Waals surface area contributed by atoms with Crippen LogP contribution in [0.15, 0.2) is 0 Å². The monoisotopic (exact) mass is 236 g/mol. The van der Waals surface area contributed by atoms with Gasteiger partial charge in [0.15, 0.2) is 0 Å². The van der Waals surface area contributed by atoms with E-state index < -0.39 is 0 Å². The molecule has 0 aliphatic heterocycles. The molecular weight excluding hydrogens is 216 g/mol. The second-order valence-corrected chi connectivity index (χ2v) is 4.88. The van der Waals surface area contributed by atoms with Gasteiger partial charge in [0.1, 0.15) is 0 Å². The summed E-state index contributed by atoms with van der Waals surface area (Å²) in [5.41, 5.74) is 8.28. The van der Waals surface area contributed by atoms with Gasteiger partial charge in [0, 0.05) is 25.3 Å². The van der Waals surface area contributed by atoms with E-state index >= 15 is 0 Å². The van der Waals surface area contributed by atoms with Gasteiger partial charge in [-0.1, -0.05) is 0 Å². The van der Waals surface area contributed by atoms with Gasteiger partial charge in [-0.25, -0.2) is 0 Å². The van der Waals surface area contributed by atoms with Crippen molar-refractivity contribution >= 4 is 5.91 Å². The summed E-state index contributed by atoms with van der Waals surface area (Å²) in [6, 6.07) is 0.0937. The summed E-state index contributed by atoms with van der Waals surface area (Å²) >= 11 is 0. The highest BCUT2D eigenvalue weighted by Crippen LogP contribution is 2.31. The van der Waals surface area contributed by atoms with Gasteiger partial charge >= 0.3 is 0 Å². The smallest absolute Gasteiger partial charge is 0.255 e. The van der Waals surface area contributed by atoms with Crippen molar-refractivity contribution in [2.45, 2.75) is 32.7 Å². The van der Waals surface area contributed by atoms with Crippen molar-refractivity contribution in [1.29, 1.82) is 0 Å². The van der Waals surface area contributed by atoms with Crippen LogP contribution in [0.25, 0.3) is 0 Å². The minimum Gasteiger partial charge on any atom is -0.350 e. The van der Waals surface area contributed by atoms with E-state index in [0.29, 0.717) is 18.0 Å². The highest BCUT2D eigenvalue weighted by Gasteiger charge is 2.29. The van der Waals surface area contributed by atoms with Crippen LogP contribution in [0.3, 0.4) is 0 Å². The van der Waals surface area contributed by atoms with E-state index in [1.54, 1.807) is 4.68 Å². The van der Waals surface area contributed by atoms with E-state index in [2.05, 4.69) is 10.4 Å². The maximum absolute atomic E-state index is 12.0. The van der Waals surface area contributed by atoms with Gasteiger partial charge < -0.3 is 11.1 Å². The third-order valence-corrected chi connectivity index (χ3v) is 3.46. The highest BCUT2D eigenvalue weighted by molar-refractivity contribution is 5.96. The number of nitrogens with one attached hydrogen (secondary N) is 1. The number of rotatable bonds is 4. The fraction of sp³-hybridized carbons (Fsp3) is 0.667. The summed E-state index contributed by atoms with van der Waals surface area (Å²) in [7, 11) is 1.84. The van der Waals surface area contributed by atoms with Crippen LogP contribution in [0.5, 0.6) is 0 Å². The summed E-state index contributed by atoms with van der Waals surface area (Å²) in [4.78, 5) is 12.0. The molecule has 1 saturated carbocycles. The summed E-state index contributed by atoms with van der Waals surface area (Å²) in [6.45, 7) is 4.30. The van der Waals surface area contributed by atoms with E-state index in [1.807, 2.05) is 20.9 Å². The Kier molecular flexibility index (Phi) is 3.19. The molecule has 5 nitrogen and oxygen atoms in total. The van der Waals surface area contributed by atoms with E-state index in [1.165, 1.54) is 12.8 Å². The lowest BCUT2D eigenvalue weighted by Gasteiger charge is -2.11. The van der Waals surface area contributed by atoms with Gasteiger partial charge in [-0.3, -0.25) is 9.48 Å². The third-order valence-electron chi connectivity index (χ3n) is 3.46. The SMILES string of the molecule is Cc1nn(C)c(C)c1C(=O)NCC(N)C1CC1. The Hall–Kier alpha value is -1.36. The van der Waals surface area contributed by atoms with Crippen LogP contribution in [0, 0.1) is 19.8 Å². The average Bonchev–Trinajstić information content (AvgIpc) is 3.06. The molecule has 1 unspecified atom stereocenters. The number of amides is 1. The van der Waals surface area contributed by atoms with Crippen LogP contribution in [0.1, 0.15) is 34.6 Å². The first-order chi connectivity index (χ1) is 8.00. The van der Waals surface area contributed by atoms with Gasteiger partial charge in [-0.05, 0) is 32.6 Å². The second kappa shape index (κ2) is 4.49. The molecule has 1 fully saturated rings. The molecular formula is C12H20N4O. The van der Waals surface area contributed by atoms with Gasteiger partial charge in [-0.15, -0.1) is 0 Å². The van der Waals surface area contributed by atoms with E-state index in [-0.39, 0.29) is 11.9 Å². The lowest BCUT2D eigenvalue weighted by Crippen LogP contribution is -2.38. The van der Waals surface area contributed by atoms with Crippen LogP contribution in [-0.4, -0.2) is 28.3 Å². The first-order valence-electron chi connectivity index (χ1n) is 6.04. The minimum atomic E-state index is -0.0656. The van der Waals surface area contributed by atoms with Crippen LogP contribution >= 0.6 is 0 Å². The second-order valence-electron chi connectivity index (χ2n) is 4.88. The molecule has 94 valence electrons. The number of nitrogens with zero attached hydrogens (tertiary/aromatic N) is 2. The molecule has 1 aliphatic rings. The van der Waals surface area contributed by atoms with Gasteiger partial charge in [-0.2, -0.15) is 5.10 Å². The molecule has 0 aromatic carbocycles.